The molecular weight excluding hydrogens is 356 g/mol. The molecule has 7 heteroatoms. The van der Waals surface area contributed by atoms with E-state index in [2.05, 4.69) is 10.6 Å². The van der Waals surface area contributed by atoms with Crippen LogP contribution >= 0.6 is 0 Å². The van der Waals surface area contributed by atoms with Gasteiger partial charge in [0, 0.05) is 37.8 Å². The minimum Gasteiger partial charge on any atom is -0.347 e. The summed E-state index contributed by atoms with van der Waals surface area (Å²) in [5.41, 5.74) is 2.58. The first-order valence-corrected chi connectivity index (χ1v) is 10.2. The molecule has 2 saturated heterocycles. The molecule has 0 aromatic heterocycles. The van der Waals surface area contributed by atoms with E-state index in [1.165, 1.54) is 6.92 Å². The predicted octanol–water partition coefficient (Wildman–Crippen LogP) is 0.783. The first-order chi connectivity index (χ1) is 13.5. The molecule has 3 heterocycles. The first-order valence-electron chi connectivity index (χ1n) is 10.2. The van der Waals surface area contributed by atoms with Crippen LogP contribution in [0, 0.1) is 11.8 Å². The Balaban J connectivity index is 1.43. The van der Waals surface area contributed by atoms with Gasteiger partial charge < -0.3 is 20.4 Å². The molecule has 2 fully saturated rings. The Morgan fingerprint density at radius 2 is 1.82 bits per heavy atom. The monoisotopic (exact) mass is 384 g/mol. The number of benzene rings is 1. The third-order valence-electron chi connectivity index (χ3n) is 6.32. The Labute approximate surface area is 165 Å². The van der Waals surface area contributed by atoms with E-state index in [0.29, 0.717) is 23.9 Å². The highest BCUT2D eigenvalue weighted by molar-refractivity contribution is 6.00. The Kier molecular flexibility index (Phi) is 5.35. The summed E-state index contributed by atoms with van der Waals surface area (Å²) in [6.45, 7) is 5.78. The molecule has 0 aliphatic carbocycles. The minimum atomic E-state index is -0.217. The van der Waals surface area contributed by atoms with Crippen LogP contribution in [0.4, 0.5) is 5.69 Å². The highest BCUT2D eigenvalue weighted by Crippen LogP contribution is 2.31. The van der Waals surface area contributed by atoms with Crippen molar-refractivity contribution in [3.05, 3.63) is 29.3 Å². The van der Waals surface area contributed by atoms with Crippen molar-refractivity contribution in [3.8, 4) is 0 Å². The predicted molar refractivity (Wildman–Crippen MR) is 106 cm³/mol. The number of likely N-dealkylation sites (tertiary alicyclic amines) is 1. The molecule has 3 aliphatic heterocycles. The van der Waals surface area contributed by atoms with Gasteiger partial charge in [0.05, 0.1) is 6.54 Å². The van der Waals surface area contributed by atoms with Gasteiger partial charge >= 0.3 is 0 Å². The minimum absolute atomic E-state index is 0.000420. The van der Waals surface area contributed by atoms with Gasteiger partial charge in [-0.15, -0.1) is 0 Å². The Bertz CT molecular complexity index is 780. The molecule has 1 aromatic carbocycles. The lowest BCUT2D eigenvalue weighted by Gasteiger charge is -2.22. The Morgan fingerprint density at radius 1 is 1.11 bits per heavy atom. The largest absolute Gasteiger partial charge is 0.347 e. The van der Waals surface area contributed by atoms with Gasteiger partial charge in [-0.2, -0.15) is 0 Å². The van der Waals surface area contributed by atoms with Crippen molar-refractivity contribution in [3.63, 3.8) is 0 Å². The molecule has 3 amide bonds. The first kappa shape index (κ1) is 18.9. The Morgan fingerprint density at radius 3 is 2.50 bits per heavy atom. The quantitative estimate of drug-likeness (QED) is 0.807. The molecule has 28 heavy (non-hydrogen) atoms. The second kappa shape index (κ2) is 7.91. The van der Waals surface area contributed by atoms with Crippen LogP contribution in [0.5, 0.6) is 0 Å². The number of carbonyl (C=O) groups excluding carboxylic acids is 3. The highest BCUT2D eigenvalue weighted by Gasteiger charge is 2.32. The zero-order valence-electron chi connectivity index (χ0n) is 16.4. The van der Waals surface area contributed by atoms with Crippen LogP contribution in [-0.2, 0) is 16.0 Å². The fourth-order valence-electron chi connectivity index (χ4n) is 4.69. The van der Waals surface area contributed by atoms with Gasteiger partial charge in [-0.3, -0.25) is 14.4 Å². The van der Waals surface area contributed by atoms with Gasteiger partial charge in [-0.1, -0.05) is 0 Å². The summed E-state index contributed by atoms with van der Waals surface area (Å²) in [4.78, 5) is 40.1. The number of rotatable bonds is 3. The second-order valence-corrected chi connectivity index (χ2v) is 8.10. The van der Waals surface area contributed by atoms with E-state index in [1.807, 2.05) is 23.1 Å². The summed E-state index contributed by atoms with van der Waals surface area (Å²) in [5.74, 6) is 1.15. The number of fused-ring (bicyclic) bond motifs is 2. The van der Waals surface area contributed by atoms with Crippen LogP contribution in [0.1, 0.15) is 35.7 Å². The van der Waals surface area contributed by atoms with E-state index in [0.717, 1.165) is 56.7 Å². The molecule has 0 unspecified atom stereocenters. The van der Waals surface area contributed by atoms with E-state index in [1.54, 1.807) is 4.90 Å². The van der Waals surface area contributed by atoms with Crippen molar-refractivity contribution in [2.24, 2.45) is 11.8 Å². The number of amides is 3. The van der Waals surface area contributed by atoms with Gasteiger partial charge in [0.15, 0.2) is 0 Å². The number of carbonyl (C=O) groups is 3. The van der Waals surface area contributed by atoms with Crippen molar-refractivity contribution in [2.45, 2.75) is 26.2 Å². The van der Waals surface area contributed by atoms with Gasteiger partial charge in [0.2, 0.25) is 11.8 Å². The van der Waals surface area contributed by atoms with Crippen molar-refractivity contribution in [1.82, 2.24) is 15.5 Å². The molecular formula is C21H28N4O3. The van der Waals surface area contributed by atoms with E-state index in [-0.39, 0.29) is 24.3 Å². The van der Waals surface area contributed by atoms with E-state index >= 15 is 0 Å². The van der Waals surface area contributed by atoms with Gasteiger partial charge in [0.25, 0.3) is 5.91 Å². The average molecular weight is 384 g/mol. The number of hydrogen-bond acceptors (Lipinski definition) is 4. The third kappa shape index (κ3) is 3.76. The Hall–Kier alpha value is -2.41. The molecule has 0 bridgehead atoms. The summed E-state index contributed by atoms with van der Waals surface area (Å²) >= 11 is 0. The molecule has 2 N–H and O–H groups in total. The molecule has 150 valence electrons. The van der Waals surface area contributed by atoms with Crippen LogP contribution in [0.25, 0.3) is 0 Å². The molecule has 0 radical (unpaired) electrons. The van der Waals surface area contributed by atoms with Crippen molar-refractivity contribution < 1.29 is 14.4 Å². The van der Waals surface area contributed by atoms with Crippen LogP contribution in [0.2, 0.25) is 0 Å². The fraction of sp³-hybridized carbons (Fsp3) is 0.571. The SMILES string of the molecule is CC(=O)NCC(=O)N1CCc2cc(C(=O)N3CC[C@@H]4CNC[C@@H]4CC3)ccc21. The number of nitrogens with one attached hydrogen (secondary N) is 2. The maximum Gasteiger partial charge on any atom is 0.253 e. The van der Waals surface area contributed by atoms with Crippen molar-refractivity contribution >= 4 is 23.4 Å². The number of nitrogens with zero attached hydrogens (tertiary/aromatic N) is 2. The van der Waals surface area contributed by atoms with E-state index < -0.39 is 0 Å². The third-order valence-corrected chi connectivity index (χ3v) is 6.32. The molecule has 3 aliphatic rings. The normalized spacial score (nSPS) is 23.8. The molecule has 2 atom stereocenters. The van der Waals surface area contributed by atoms with E-state index in [9.17, 15) is 14.4 Å². The summed E-state index contributed by atoms with van der Waals surface area (Å²) in [7, 11) is 0. The standard InChI is InChI=1S/C21H28N4O3/c1-14(26)23-13-20(27)25-9-6-15-10-16(2-3-19(15)25)21(28)24-7-4-17-11-22-12-18(17)5-8-24/h2-3,10,17-18,22H,4-9,11-13H2,1H3,(H,23,26)/t17-,18+. The van der Waals surface area contributed by atoms with Gasteiger partial charge in [-0.05, 0) is 68.0 Å². The lowest BCUT2D eigenvalue weighted by Crippen LogP contribution is -2.38. The van der Waals surface area contributed by atoms with Crippen LogP contribution in [0.3, 0.4) is 0 Å². The van der Waals surface area contributed by atoms with Gasteiger partial charge in [-0.25, -0.2) is 0 Å². The summed E-state index contributed by atoms with van der Waals surface area (Å²) < 4.78 is 0. The zero-order chi connectivity index (χ0) is 19.7. The molecule has 0 saturated carbocycles. The molecule has 7 nitrogen and oxygen atoms in total. The van der Waals surface area contributed by atoms with Gasteiger partial charge in [0.1, 0.15) is 0 Å². The molecule has 0 spiro atoms. The molecule has 4 rings (SSSR count). The lowest BCUT2D eigenvalue weighted by atomic mass is 9.92. The van der Waals surface area contributed by atoms with Crippen LogP contribution in [-0.4, -0.2) is 61.9 Å². The van der Waals surface area contributed by atoms with Crippen LogP contribution < -0.4 is 15.5 Å². The maximum absolute atomic E-state index is 13.0. The fourth-order valence-corrected chi connectivity index (χ4v) is 4.69. The maximum atomic E-state index is 13.0. The smallest absolute Gasteiger partial charge is 0.253 e. The zero-order valence-corrected chi connectivity index (χ0v) is 16.4. The summed E-state index contributed by atoms with van der Waals surface area (Å²) in [6.07, 6.45) is 2.87. The topological polar surface area (TPSA) is 81.8 Å². The summed E-state index contributed by atoms with van der Waals surface area (Å²) in [6, 6.07) is 5.65. The van der Waals surface area contributed by atoms with Crippen molar-refractivity contribution in [1.29, 1.82) is 0 Å². The number of anilines is 1. The van der Waals surface area contributed by atoms with Crippen molar-refractivity contribution in [2.75, 3.05) is 44.2 Å². The second-order valence-electron chi connectivity index (χ2n) is 8.10. The highest BCUT2D eigenvalue weighted by atomic mass is 16.2. The lowest BCUT2D eigenvalue weighted by molar-refractivity contribution is -0.123. The molecule has 1 aromatic rings. The van der Waals surface area contributed by atoms with E-state index in [4.69, 9.17) is 0 Å². The van der Waals surface area contributed by atoms with Crippen LogP contribution in [0.15, 0.2) is 18.2 Å². The number of hydrogen-bond donors (Lipinski definition) is 2. The average Bonchev–Trinajstić information content (AvgIpc) is 3.27. The summed E-state index contributed by atoms with van der Waals surface area (Å²) in [5, 5.41) is 6.02.